The predicted molar refractivity (Wildman–Crippen MR) is 101 cm³/mol. The van der Waals surface area contributed by atoms with Crippen molar-refractivity contribution >= 4 is 27.5 Å². The number of nitrogens with zero attached hydrogens (tertiary/aromatic N) is 1. The summed E-state index contributed by atoms with van der Waals surface area (Å²) in [5.41, 5.74) is 1.55. The summed E-state index contributed by atoms with van der Waals surface area (Å²) < 4.78 is 25.9. The lowest BCUT2D eigenvalue weighted by Crippen LogP contribution is -2.45. The maximum Gasteiger partial charge on any atom is 0.224 e. The number of sulfonamides is 1. The van der Waals surface area contributed by atoms with E-state index < -0.39 is 10.0 Å². The standard InChI is InChI=1S/C18H27N3O4S/c1-3-10-26(24,25)21-9-5-7-16(13-21)18(23)19-12-15-6-4-8-17(11-15)20-14(2)22/h4,6,8,11,16H,3,5,7,9-10,12-13H2,1-2H3,(H,19,23)(H,20,22). The van der Waals surface area contributed by atoms with Crippen LogP contribution >= 0.6 is 0 Å². The second kappa shape index (κ2) is 9.14. The Hall–Kier alpha value is -1.93. The van der Waals surface area contributed by atoms with E-state index in [1.54, 1.807) is 12.1 Å². The van der Waals surface area contributed by atoms with Crippen molar-refractivity contribution in [3.8, 4) is 0 Å². The quantitative estimate of drug-likeness (QED) is 0.752. The summed E-state index contributed by atoms with van der Waals surface area (Å²) in [6, 6.07) is 7.27. The van der Waals surface area contributed by atoms with Crippen LogP contribution in [0.5, 0.6) is 0 Å². The average Bonchev–Trinajstić information content (AvgIpc) is 2.59. The molecule has 1 aliphatic heterocycles. The molecule has 0 aliphatic carbocycles. The van der Waals surface area contributed by atoms with Gasteiger partial charge in [-0.25, -0.2) is 12.7 Å². The molecule has 1 aliphatic rings. The summed E-state index contributed by atoms with van der Waals surface area (Å²) >= 11 is 0. The first-order valence-corrected chi connectivity index (χ1v) is 10.5. The molecule has 0 saturated carbocycles. The molecule has 8 heteroatoms. The van der Waals surface area contributed by atoms with Gasteiger partial charge in [0.25, 0.3) is 0 Å². The Morgan fingerprint density at radius 3 is 2.77 bits per heavy atom. The van der Waals surface area contributed by atoms with Gasteiger partial charge in [0, 0.05) is 32.2 Å². The molecule has 1 fully saturated rings. The molecular formula is C18H27N3O4S. The number of hydrogen-bond donors (Lipinski definition) is 2. The zero-order chi connectivity index (χ0) is 19.2. The lowest BCUT2D eigenvalue weighted by atomic mass is 9.98. The van der Waals surface area contributed by atoms with E-state index in [0.717, 1.165) is 5.56 Å². The van der Waals surface area contributed by atoms with Crippen molar-refractivity contribution in [2.45, 2.75) is 39.7 Å². The highest BCUT2D eigenvalue weighted by Gasteiger charge is 2.31. The molecule has 2 N–H and O–H groups in total. The van der Waals surface area contributed by atoms with E-state index in [0.29, 0.717) is 38.0 Å². The Kier molecular flexibility index (Phi) is 7.16. The van der Waals surface area contributed by atoms with Gasteiger partial charge in [0.05, 0.1) is 11.7 Å². The van der Waals surface area contributed by atoms with Gasteiger partial charge in [-0.05, 0) is 37.0 Å². The Labute approximate surface area is 155 Å². The van der Waals surface area contributed by atoms with E-state index in [-0.39, 0.29) is 30.0 Å². The first kappa shape index (κ1) is 20.4. The number of carbonyl (C=O) groups excluding carboxylic acids is 2. The first-order chi connectivity index (χ1) is 12.3. The summed E-state index contributed by atoms with van der Waals surface area (Å²) in [5, 5.41) is 5.59. The highest BCUT2D eigenvalue weighted by atomic mass is 32.2. The van der Waals surface area contributed by atoms with Crippen LogP contribution < -0.4 is 10.6 Å². The number of carbonyl (C=O) groups is 2. The SMILES string of the molecule is CCCS(=O)(=O)N1CCCC(C(=O)NCc2cccc(NC(C)=O)c2)C1. The van der Waals surface area contributed by atoms with Gasteiger partial charge in [-0.2, -0.15) is 0 Å². The predicted octanol–water partition coefficient (Wildman–Crippen LogP) is 1.71. The van der Waals surface area contributed by atoms with Crippen LogP contribution in [0.3, 0.4) is 0 Å². The average molecular weight is 381 g/mol. The monoisotopic (exact) mass is 381 g/mol. The van der Waals surface area contributed by atoms with Crippen molar-refractivity contribution < 1.29 is 18.0 Å². The van der Waals surface area contributed by atoms with E-state index in [9.17, 15) is 18.0 Å². The van der Waals surface area contributed by atoms with Crippen molar-refractivity contribution in [2.24, 2.45) is 5.92 Å². The largest absolute Gasteiger partial charge is 0.352 e. The second-order valence-corrected chi connectivity index (χ2v) is 8.70. The molecule has 0 aromatic heterocycles. The van der Waals surface area contributed by atoms with Crippen LogP contribution in [-0.4, -0.2) is 43.4 Å². The summed E-state index contributed by atoms with van der Waals surface area (Å²) in [7, 11) is -3.27. The second-order valence-electron chi connectivity index (χ2n) is 6.61. The van der Waals surface area contributed by atoms with Crippen molar-refractivity contribution in [3.63, 3.8) is 0 Å². The van der Waals surface area contributed by atoms with Gasteiger partial charge in [-0.1, -0.05) is 19.1 Å². The number of piperidine rings is 1. The van der Waals surface area contributed by atoms with Gasteiger partial charge < -0.3 is 10.6 Å². The number of nitrogens with one attached hydrogen (secondary N) is 2. The highest BCUT2D eigenvalue weighted by Crippen LogP contribution is 2.20. The Balaban J connectivity index is 1.92. The van der Waals surface area contributed by atoms with Crippen molar-refractivity contribution in [1.29, 1.82) is 0 Å². The van der Waals surface area contributed by atoms with Crippen LogP contribution in [0, 0.1) is 5.92 Å². The van der Waals surface area contributed by atoms with Gasteiger partial charge in [-0.3, -0.25) is 9.59 Å². The summed E-state index contributed by atoms with van der Waals surface area (Å²) in [5.74, 6) is -0.487. The maximum absolute atomic E-state index is 12.5. The minimum absolute atomic E-state index is 0.122. The molecule has 144 valence electrons. The van der Waals surface area contributed by atoms with Crippen molar-refractivity contribution in [3.05, 3.63) is 29.8 Å². The minimum atomic E-state index is -3.27. The molecule has 26 heavy (non-hydrogen) atoms. The van der Waals surface area contributed by atoms with Gasteiger partial charge >= 0.3 is 0 Å². The molecular weight excluding hydrogens is 354 g/mol. The van der Waals surface area contributed by atoms with Crippen molar-refractivity contribution in [1.82, 2.24) is 9.62 Å². The molecule has 1 unspecified atom stereocenters. The fourth-order valence-corrected chi connectivity index (χ4v) is 4.68. The lowest BCUT2D eigenvalue weighted by molar-refractivity contribution is -0.126. The van der Waals surface area contributed by atoms with Crippen LogP contribution in [0.15, 0.2) is 24.3 Å². The van der Waals surface area contributed by atoms with Gasteiger partial charge in [-0.15, -0.1) is 0 Å². The van der Waals surface area contributed by atoms with E-state index in [1.807, 2.05) is 19.1 Å². The zero-order valence-corrected chi connectivity index (χ0v) is 16.1. The summed E-state index contributed by atoms with van der Waals surface area (Å²) in [4.78, 5) is 23.6. The molecule has 1 aromatic carbocycles. The molecule has 1 heterocycles. The molecule has 1 aromatic rings. The van der Waals surface area contributed by atoms with E-state index in [4.69, 9.17) is 0 Å². The molecule has 2 amide bonds. The van der Waals surface area contributed by atoms with Gasteiger partial charge in [0.2, 0.25) is 21.8 Å². The van der Waals surface area contributed by atoms with E-state index in [1.165, 1.54) is 11.2 Å². The van der Waals surface area contributed by atoms with Crippen LogP contribution in [0.2, 0.25) is 0 Å². The van der Waals surface area contributed by atoms with E-state index >= 15 is 0 Å². The Morgan fingerprint density at radius 1 is 1.31 bits per heavy atom. The van der Waals surface area contributed by atoms with Crippen LogP contribution in [-0.2, 0) is 26.2 Å². The molecule has 1 saturated heterocycles. The molecule has 7 nitrogen and oxygen atoms in total. The highest BCUT2D eigenvalue weighted by molar-refractivity contribution is 7.89. The Bertz CT molecular complexity index is 749. The maximum atomic E-state index is 12.5. The topological polar surface area (TPSA) is 95.6 Å². The van der Waals surface area contributed by atoms with Crippen LogP contribution in [0.25, 0.3) is 0 Å². The third kappa shape index (κ3) is 5.81. The van der Waals surface area contributed by atoms with E-state index in [2.05, 4.69) is 10.6 Å². The zero-order valence-electron chi connectivity index (χ0n) is 15.3. The number of anilines is 1. The Morgan fingerprint density at radius 2 is 2.08 bits per heavy atom. The summed E-state index contributed by atoms with van der Waals surface area (Å²) in [6.45, 7) is 4.35. The minimum Gasteiger partial charge on any atom is -0.352 e. The normalized spacial score (nSPS) is 18.3. The van der Waals surface area contributed by atoms with Crippen LogP contribution in [0.1, 0.15) is 38.7 Å². The third-order valence-corrected chi connectivity index (χ3v) is 6.37. The molecule has 0 spiro atoms. The van der Waals surface area contributed by atoms with Crippen LogP contribution in [0.4, 0.5) is 5.69 Å². The van der Waals surface area contributed by atoms with Crippen molar-refractivity contribution in [2.75, 3.05) is 24.2 Å². The van der Waals surface area contributed by atoms with Gasteiger partial charge in [0.15, 0.2) is 0 Å². The number of rotatable bonds is 7. The fraction of sp³-hybridized carbons (Fsp3) is 0.556. The third-order valence-electron chi connectivity index (χ3n) is 4.32. The smallest absolute Gasteiger partial charge is 0.224 e. The number of hydrogen-bond acceptors (Lipinski definition) is 4. The first-order valence-electron chi connectivity index (χ1n) is 8.94. The number of benzene rings is 1. The molecule has 2 rings (SSSR count). The number of amides is 2. The lowest BCUT2D eigenvalue weighted by Gasteiger charge is -2.31. The summed E-state index contributed by atoms with van der Waals surface area (Å²) in [6.07, 6.45) is 1.95. The fourth-order valence-electron chi connectivity index (χ4n) is 3.09. The van der Waals surface area contributed by atoms with Gasteiger partial charge in [0.1, 0.15) is 0 Å². The molecule has 1 atom stereocenters. The molecule has 0 radical (unpaired) electrons. The molecule has 0 bridgehead atoms.